The largest absolute Gasteiger partial charge is 0.496 e. The van der Waals surface area contributed by atoms with Crippen molar-refractivity contribution in [2.75, 3.05) is 13.7 Å². The Balaban J connectivity index is 1.89. The van der Waals surface area contributed by atoms with Crippen molar-refractivity contribution in [1.29, 1.82) is 0 Å². The van der Waals surface area contributed by atoms with Crippen LogP contribution in [0.2, 0.25) is 0 Å². The maximum atomic E-state index is 13.8. The predicted molar refractivity (Wildman–Crippen MR) is 109 cm³/mol. The monoisotopic (exact) mass is 457 g/mol. The summed E-state index contributed by atoms with van der Waals surface area (Å²) in [7, 11) is 1.38. The summed E-state index contributed by atoms with van der Waals surface area (Å²) >= 11 is 6.33. The van der Waals surface area contributed by atoms with E-state index in [1.165, 1.54) is 12.0 Å². The highest BCUT2D eigenvalue weighted by Gasteiger charge is 2.30. The lowest BCUT2D eigenvalue weighted by Gasteiger charge is -2.13. The zero-order valence-electron chi connectivity index (χ0n) is 15.8. The van der Waals surface area contributed by atoms with Crippen LogP contribution in [-0.2, 0) is 11.4 Å². The molecule has 0 saturated carbocycles. The Morgan fingerprint density at radius 1 is 1.13 bits per heavy atom. The molecule has 2 aromatic carbocycles. The number of amides is 1. The molecule has 3 rings (SSSR count). The number of carbonyl (C=O) groups is 1. The van der Waals surface area contributed by atoms with E-state index in [1.807, 2.05) is 6.92 Å². The van der Waals surface area contributed by atoms with Gasteiger partial charge in [-0.3, -0.25) is 9.69 Å². The highest BCUT2D eigenvalue weighted by Crippen LogP contribution is 2.33. The number of carbonyl (C=O) groups excluding carboxylic acids is 1. The summed E-state index contributed by atoms with van der Waals surface area (Å²) in [4.78, 5) is 14.2. The average molecular weight is 457 g/mol. The molecule has 0 aromatic heterocycles. The molecule has 1 saturated heterocycles. The molecule has 0 spiro atoms. The highest BCUT2D eigenvalue weighted by molar-refractivity contribution is 8.26. The van der Waals surface area contributed by atoms with E-state index in [4.69, 9.17) is 21.7 Å². The van der Waals surface area contributed by atoms with Crippen LogP contribution in [0.1, 0.15) is 18.1 Å². The summed E-state index contributed by atoms with van der Waals surface area (Å²) in [6.07, 6.45) is 1.61. The number of nitrogens with zero attached hydrogens (tertiary/aromatic N) is 1. The van der Waals surface area contributed by atoms with Crippen molar-refractivity contribution >= 4 is 40.3 Å². The van der Waals surface area contributed by atoms with Gasteiger partial charge in [0.25, 0.3) is 5.91 Å². The fourth-order valence-corrected chi connectivity index (χ4v) is 4.14. The van der Waals surface area contributed by atoms with Crippen LogP contribution in [-0.4, -0.2) is 28.8 Å². The molecule has 0 N–H and O–H groups in total. The van der Waals surface area contributed by atoms with Gasteiger partial charge in [0.15, 0.2) is 17.4 Å². The van der Waals surface area contributed by atoms with Gasteiger partial charge < -0.3 is 9.47 Å². The van der Waals surface area contributed by atoms with Gasteiger partial charge in [0.1, 0.15) is 16.7 Å². The fourth-order valence-electron chi connectivity index (χ4n) is 2.75. The van der Waals surface area contributed by atoms with E-state index in [1.54, 1.807) is 24.3 Å². The van der Waals surface area contributed by atoms with Crippen molar-refractivity contribution in [2.24, 2.45) is 0 Å². The maximum Gasteiger partial charge on any atom is 0.266 e. The maximum absolute atomic E-state index is 13.8. The van der Waals surface area contributed by atoms with Gasteiger partial charge in [0.2, 0.25) is 11.6 Å². The second-order valence-electron chi connectivity index (χ2n) is 6.08. The molecule has 1 fully saturated rings. The van der Waals surface area contributed by atoms with E-state index in [0.29, 0.717) is 32.6 Å². The molecule has 2 aromatic rings. The van der Waals surface area contributed by atoms with Gasteiger partial charge in [-0.15, -0.1) is 0 Å². The van der Waals surface area contributed by atoms with Gasteiger partial charge in [-0.1, -0.05) is 30.0 Å². The molecule has 1 heterocycles. The third kappa shape index (κ3) is 4.29. The van der Waals surface area contributed by atoms with E-state index in [-0.39, 0.29) is 12.0 Å². The van der Waals surface area contributed by atoms with Gasteiger partial charge >= 0.3 is 0 Å². The molecule has 158 valence electrons. The lowest BCUT2D eigenvalue weighted by Crippen LogP contribution is -2.27. The number of thiocarbonyl (C=S) groups is 1. The minimum atomic E-state index is -1.63. The highest BCUT2D eigenvalue weighted by atomic mass is 32.2. The number of benzene rings is 2. The van der Waals surface area contributed by atoms with E-state index < -0.39 is 35.6 Å². The molecule has 1 aliphatic heterocycles. The second-order valence-corrected chi connectivity index (χ2v) is 7.76. The van der Waals surface area contributed by atoms with Crippen LogP contribution in [0.3, 0.4) is 0 Å². The minimum Gasteiger partial charge on any atom is -0.496 e. The Morgan fingerprint density at radius 3 is 2.37 bits per heavy atom. The third-order valence-corrected chi connectivity index (χ3v) is 5.61. The van der Waals surface area contributed by atoms with Gasteiger partial charge in [0, 0.05) is 18.2 Å². The number of likely N-dealkylation sites (N-methyl/N-ethyl adjacent to an activating group) is 1. The number of hydrogen-bond donors (Lipinski definition) is 0. The third-order valence-electron chi connectivity index (χ3n) is 4.24. The number of thioether (sulfide) groups is 1. The predicted octanol–water partition coefficient (Wildman–Crippen LogP) is 5.05. The fraction of sp³-hybridized carbons (Fsp3) is 0.200. The van der Waals surface area contributed by atoms with Crippen molar-refractivity contribution in [3.05, 3.63) is 63.6 Å². The first-order valence-corrected chi connectivity index (χ1v) is 9.87. The molecule has 30 heavy (non-hydrogen) atoms. The number of halogens is 4. The molecule has 0 aliphatic carbocycles. The molecule has 1 amide bonds. The summed E-state index contributed by atoms with van der Waals surface area (Å²) < 4.78 is 65.1. The van der Waals surface area contributed by atoms with Crippen LogP contribution in [0.15, 0.2) is 29.2 Å². The van der Waals surface area contributed by atoms with Crippen molar-refractivity contribution in [3.8, 4) is 11.5 Å². The average Bonchev–Trinajstić information content (AvgIpc) is 2.99. The molecule has 0 atom stereocenters. The number of methoxy groups -OCH3 is 1. The van der Waals surface area contributed by atoms with Crippen molar-refractivity contribution in [2.45, 2.75) is 13.5 Å². The SMILES string of the molecule is CCN1C(=O)C(=Cc2ccc(OC)c(COc3c(F)c(F)cc(F)c3F)c2)SC1=S. The Morgan fingerprint density at radius 2 is 1.80 bits per heavy atom. The van der Waals surface area contributed by atoms with Gasteiger partial charge in [0.05, 0.1) is 12.0 Å². The lowest BCUT2D eigenvalue weighted by atomic mass is 10.1. The molecule has 0 bridgehead atoms. The number of rotatable bonds is 6. The first kappa shape index (κ1) is 22.1. The summed E-state index contributed by atoms with van der Waals surface area (Å²) in [6, 6.07) is 4.92. The summed E-state index contributed by atoms with van der Waals surface area (Å²) in [5, 5.41) is 0. The van der Waals surface area contributed by atoms with Crippen LogP contribution in [0.25, 0.3) is 6.08 Å². The first-order chi connectivity index (χ1) is 14.3. The molecular weight excluding hydrogens is 442 g/mol. The summed E-state index contributed by atoms with van der Waals surface area (Å²) in [6.45, 7) is 1.83. The Hall–Kier alpha value is -2.59. The Bertz CT molecular complexity index is 1030. The first-order valence-electron chi connectivity index (χ1n) is 8.64. The van der Waals surface area contributed by atoms with Gasteiger partial charge in [-0.05, 0) is 30.7 Å². The second kappa shape index (κ2) is 9.05. The molecule has 0 radical (unpaired) electrons. The summed E-state index contributed by atoms with van der Waals surface area (Å²) in [5.74, 6) is -7.46. The molecule has 10 heteroatoms. The van der Waals surface area contributed by atoms with E-state index >= 15 is 0 Å². The number of ether oxygens (including phenoxy) is 2. The molecule has 4 nitrogen and oxygen atoms in total. The van der Waals surface area contributed by atoms with E-state index in [0.717, 1.165) is 11.8 Å². The van der Waals surface area contributed by atoms with E-state index in [2.05, 4.69) is 0 Å². The van der Waals surface area contributed by atoms with Gasteiger partial charge in [-0.25, -0.2) is 8.78 Å². The standard InChI is InChI=1S/C20H15F4NO3S2/c1-3-25-19(26)15(30-20(25)29)7-10-4-5-14(27-2)11(6-10)9-28-18-16(23)12(21)8-13(22)17(18)24/h4-8H,3,9H2,1-2H3. The smallest absolute Gasteiger partial charge is 0.266 e. The molecule has 1 aliphatic rings. The van der Waals surface area contributed by atoms with Gasteiger partial charge in [-0.2, -0.15) is 8.78 Å². The topological polar surface area (TPSA) is 38.8 Å². The van der Waals surface area contributed by atoms with E-state index in [9.17, 15) is 22.4 Å². The lowest BCUT2D eigenvalue weighted by molar-refractivity contribution is -0.121. The normalized spacial score (nSPS) is 15.3. The van der Waals surface area contributed by atoms with Crippen LogP contribution in [0, 0.1) is 23.3 Å². The zero-order valence-corrected chi connectivity index (χ0v) is 17.4. The van der Waals surface area contributed by atoms with Crippen LogP contribution < -0.4 is 9.47 Å². The minimum absolute atomic E-state index is 0.102. The summed E-state index contributed by atoms with van der Waals surface area (Å²) in [5.41, 5.74) is 0.929. The zero-order chi connectivity index (χ0) is 22.0. The molecular formula is C20H15F4NO3S2. The quantitative estimate of drug-likeness (QED) is 0.263. The van der Waals surface area contributed by atoms with Crippen molar-refractivity contribution in [3.63, 3.8) is 0 Å². The molecule has 0 unspecified atom stereocenters. The van der Waals surface area contributed by atoms with Crippen LogP contribution in [0.5, 0.6) is 11.5 Å². The Kier molecular flexibility index (Phi) is 6.67. The van der Waals surface area contributed by atoms with Crippen LogP contribution in [0.4, 0.5) is 17.6 Å². The van der Waals surface area contributed by atoms with Crippen LogP contribution >= 0.6 is 24.0 Å². The van der Waals surface area contributed by atoms with Crippen molar-refractivity contribution < 1.29 is 31.8 Å². The number of hydrogen-bond acceptors (Lipinski definition) is 5. The Labute approximate surface area is 179 Å². The van der Waals surface area contributed by atoms with Crippen molar-refractivity contribution in [1.82, 2.24) is 4.90 Å².